The SMILES string of the molecule is [CH]1CCCCC1CN1CCN(c2nsc3ccccc23)CC1. The van der Waals surface area contributed by atoms with Crippen LogP contribution in [-0.4, -0.2) is 42.0 Å². The second-order valence-electron chi connectivity index (χ2n) is 6.57. The number of piperazine rings is 1. The first-order chi connectivity index (χ1) is 10.9. The third-order valence-corrected chi connectivity index (χ3v) is 5.87. The molecule has 1 saturated heterocycles. The molecule has 0 spiro atoms. The summed E-state index contributed by atoms with van der Waals surface area (Å²) >= 11 is 1.63. The zero-order valence-electron chi connectivity index (χ0n) is 13.1. The highest BCUT2D eigenvalue weighted by Gasteiger charge is 2.23. The molecule has 4 heteroatoms. The van der Waals surface area contributed by atoms with Crippen molar-refractivity contribution in [3.05, 3.63) is 30.7 Å². The van der Waals surface area contributed by atoms with Crippen molar-refractivity contribution in [3.63, 3.8) is 0 Å². The van der Waals surface area contributed by atoms with E-state index in [1.807, 2.05) is 0 Å². The number of aromatic nitrogens is 1. The fraction of sp³-hybridized carbons (Fsp3) is 0.556. The molecule has 4 rings (SSSR count). The number of anilines is 1. The summed E-state index contributed by atoms with van der Waals surface area (Å²) in [6, 6.07) is 8.60. The van der Waals surface area contributed by atoms with E-state index in [1.165, 1.54) is 61.2 Å². The summed E-state index contributed by atoms with van der Waals surface area (Å²) in [5.41, 5.74) is 0. The highest BCUT2D eigenvalue weighted by molar-refractivity contribution is 7.13. The van der Waals surface area contributed by atoms with Gasteiger partial charge < -0.3 is 4.90 Å². The quantitative estimate of drug-likeness (QED) is 0.859. The maximum absolute atomic E-state index is 4.70. The van der Waals surface area contributed by atoms with E-state index in [1.54, 1.807) is 11.5 Å². The molecule has 1 saturated carbocycles. The zero-order valence-corrected chi connectivity index (χ0v) is 13.9. The normalized spacial score (nSPS) is 21.5. The van der Waals surface area contributed by atoms with Crippen molar-refractivity contribution in [2.75, 3.05) is 37.6 Å². The van der Waals surface area contributed by atoms with Crippen LogP contribution in [0, 0.1) is 12.3 Å². The van der Waals surface area contributed by atoms with Crippen LogP contribution in [0.1, 0.15) is 25.7 Å². The number of nitrogens with zero attached hydrogens (tertiary/aromatic N) is 3. The van der Waals surface area contributed by atoms with Gasteiger partial charge in [-0.2, -0.15) is 4.37 Å². The Hall–Kier alpha value is -1.13. The Kier molecular flexibility index (Phi) is 4.30. The van der Waals surface area contributed by atoms with Crippen LogP contribution in [0.25, 0.3) is 10.1 Å². The van der Waals surface area contributed by atoms with Crippen LogP contribution in [0.5, 0.6) is 0 Å². The van der Waals surface area contributed by atoms with Gasteiger partial charge in [0.2, 0.25) is 0 Å². The van der Waals surface area contributed by atoms with E-state index in [0.29, 0.717) is 0 Å². The summed E-state index contributed by atoms with van der Waals surface area (Å²) < 4.78 is 6.01. The number of rotatable bonds is 3. The largest absolute Gasteiger partial charge is 0.353 e. The van der Waals surface area contributed by atoms with Crippen LogP contribution in [-0.2, 0) is 0 Å². The van der Waals surface area contributed by atoms with Crippen LogP contribution >= 0.6 is 11.5 Å². The Bertz CT molecular complexity index is 610. The number of hydrogen-bond acceptors (Lipinski definition) is 4. The topological polar surface area (TPSA) is 19.4 Å². The van der Waals surface area contributed by atoms with Crippen molar-refractivity contribution in [1.82, 2.24) is 9.27 Å². The van der Waals surface area contributed by atoms with Gasteiger partial charge in [-0.25, -0.2) is 0 Å². The Morgan fingerprint density at radius 2 is 1.95 bits per heavy atom. The number of hydrogen-bond donors (Lipinski definition) is 0. The van der Waals surface area contributed by atoms with E-state index >= 15 is 0 Å². The molecule has 117 valence electrons. The first-order valence-corrected chi connectivity index (χ1v) is 9.32. The molecule has 0 amide bonds. The minimum absolute atomic E-state index is 0.834. The fourth-order valence-electron chi connectivity index (χ4n) is 3.76. The highest BCUT2D eigenvalue weighted by Crippen LogP contribution is 2.30. The third kappa shape index (κ3) is 2.99. The molecular formula is C18H24N3S. The summed E-state index contributed by atoms with van der Waals surface area (Å²) in [5.74, 6) is 2.03. The van der Waals surface area contributed by atoms with Gasteiger partial charge >= 0.3 is 0 Å². The van der Waals surface area contributed by atoms with Crippen molar-refractivity contribution < 1.29 is 0 Å². The average molecular weight is 314 g/mol. The Morgan fingerprint density at radius 3 is 2.77 bits per heavy atom. The Labute approximate surface area is 137 Å². The maximum atomic E-state index is 4.70. The molecule has 0 N–H and O–H groups in total. The van der Waals surface area contributed by atoms with Gasteiger partial charge in [-0.05, 0) is 48.8 Å². The van der Waals surface area contributed by atoms with Crippen molar-refractivity contribution in [3.8, 4) is 0 Å². The van der Waals surface area contributed by atoms with Crippen molar-refractivity contribution >= 4 is 27.4 Å². The molecule has 1 aromatic heterocycles. The van der Waals surface area contributed by atoms with Gasteiger partial charge in [0.25, 0.3) is 0 Å². The van der Waals surface area contributed by atoms with E-state index in [2.05, 4.69) is 40.5 Å². The van der Waals surface area contributed by atoms with Crippen LogP contribution in [0.2, 0.25) is 0 Å². The lowest BCUT2D eigenvalue weighted by Crippen LogP contribution is -2.48. The molecule has 0 bridgehead atoms. The van der Waals surface area contributed by atoms with Crippen molar-refractivity contribution in [2.24, 2.45) is 5.92 Å². The van der Waals surface area contributed by atoms with Crippen molar-refractivity contribution in [2.45, 2.75) is 25.7 Å². The van der Waals surface area contributed by atoms with Gasteiger partial charge in [-0.1, -0.05) is 25.0 Å². The predicted molar refractivity (Wildman–Crippen MR) is 94.5 cm³/mol. The van der Waals surface area contributed by atoms with E-state index in [4.69, 9.17) is 4.37 Å². The molecule has 1 aliphatic carbocycles. The van der Waals surface area contributed by atoms with Crippen LogP contribution in [0.4, 0.5) is 5.82 Å². The second-order valence-corrected chi connectivity index (χ2v) is 7.38. The molecule has 2 fully saturated rings. The van der Waals surface area contributed by atoms with E-state index < -0.39 is 0 Å². The standard InChI is InChI=1S/C18H24N3S/c1-2-6-15(7-3-1)14-20-10-12-21(13-11-20)18-16-8-4-5-9-17(16)22-19-18/h4-6,8-9,15H,1-3,7,10-14H2. The lowest BCUT2D eigenvalue weighted by Gasteiger charge is -2.37. The van der Waals surface area contributed by atoms with Gasteiger partial charge in [0.15, 0.2) is 0 Å². The van der Waals surface area contributed by atoms with Crippen LogP contribution < -0.4 is 4.90 Å². The van der Waals surface area contributed by atoms with Gasteiger partial charge in [0, 0.05) is 38.1 Å². The molecule has 22 heavy (non-hydrogen) atoms. The summed E-state index contributed by atoms with van der Waals surface area (Å²) in [6.45, 7) is 5.85. The summed E-state index contributed by atoms with van der Waals surface area (Å²) in [7, 11) is 0. The molecule has 1 atom stereocenters. The predicted octanol–water partition coefficient (Wildman–Crippen LogP) is 3.81. The van der Waals surface area contributed by atoms with Crippen molar-refractivity contribution in [1.29, 1.82) is 0 Å². The van der Waals surface area contributed by atoms with Crippen LogP contribution in [0.3, 0.4) is 0 Å². The summed E-state index contributed by atoms with van der Waals surface area (Å²) in [6.07, 6.45) is 8.11. The zero-order chi connectivity index (χ0) is 14.8. The second kappa shape index (κ2) is 6.55. The minimum Gasteiger partial charge on any atom is -0.353 e. The minimum atomic E-state index is 0.834. The molecule has 3 nitrogen and oxygen atoms in total. The number of fused-ring (bicyclic) bond motifs is 1. The first-order valence-electron chi connectivity index (χ1n) is 8.55. The van der Waals surface area contributed by atoms with E-state index in [0.717, 1.165) is 19.0 Å². The molecule has 1 aromatic carbocycles. The molecule has 2 heterocycles. The monoisotopic (exact) mass is 314 g/mol. The van der Waals surface area contributed by atoms with Gasteiger partial charge in [0.1, 0.15) is 5.82 Å². The lowest BCUT2D eigenvalue weighted by molar-refractivity contribution is 0.215. The Balaban J connectivity index is 1.37. The molecular weight excluding hydrogens is 290 g/mol. The Morgan fingerprint density at radius 1 is 1.09 bits per heavy atom. The van der Waals surface area contributed by atoms with E-state index in [9.17, 15) is 0 Å². The molecule has 2 aromatic rings. The lowest BCUT2D eigenvalue weighted by atomic mass is 9.89. The molecule has 2 aliphatic rings. The van der Waals surface area contributed by atoms with Gasteiger partial charge in [-0.15, -0.1) is 0 Å². The summed E-state index contributed by atoms with van der Waals surface area (Å²) in [4.78, 5) is 5.12. The average Bonchev–Trinajstić information content (AvgIpc) is 3.01. The molecule has 1 unspecified atom stereocenters. The molecule has 1 radical (unpaired) electrons. The maximum Gasteiger partial charge on any atom is 0.150 e. The van der Waals surface area contributed by atoms with Gasteiger partial charge in [-0.3, -0.25) is 4.90 Å². The third-order valence-electron chi connectivity index (χ3n) is 5.05. The fourth-order valence-corrected chi connectivity index (χ4v) is 4.56. The van der Waals surface area contributed by atoms with Gasteiger partial charge in [0.05, 0.1) is 4.70 Å². The highest BCUT2D eigenvalue weighted by atomic mass is 32.1. The molecule has 1 aliphatic heterocycles. The van der Waals surface area contributed by atoms with Crippen LogP contribution in [0.15, 0.2) is 24.3 Å². The first kappa shape index (κ1) is 14.5. The number of benzene rings is 1. The van der Waals surface area contributed by atoms with E-state index in [-0.39, 0.29) is 0 Å². The summed E-state index contributed by atoms with van der Waals surface area (Å²) in [5, 5.41) is 1.32. The smallest absolute Gasteiger partial charge is 0.150 e.